The van der Waals surface area contributed by atoms with Crippen LogP contribution < -0.4 is 5.73 Å². The standard InChI is InChI=1S/C10H16N4O3S2/c1-2-17-7-4-14(3-6(7)15)8(16)5-18-10-13-12-9(11)19-10/h6-7,15H,2-5H2,1H3,(H2,11,12)/t6-,7-/m0/s1. The lowest BCUT2D eigenvalue weighted by atomic mass is 10.3. The minimum absolute atomic E-state index is 0.0416. The molecule has 0 spiro atoms. The topological polar surface area (TPSA) is 102 Å². The number of aliphatic hydroxyl groups excluding tert-OH is 1. The molecule has 1 aliphatic rings. The number of nitrogens with zero attached hydrogens (tertiary/aromatic N) is 3. The van der Waals surface area contributed by atoms with Gasteiger partial charge in [0.2, 0.25) is 11.0 Å². The average Bonchev–Trinajstić information content (AvgIpc) is 2.94. The highest BCUT2D eigenvalue weighted by Crippen LogP contribution is 2.24. The Balaban J connectivity index is 1.81. The van der Waals surface area contributed by atoms with Gasteiger partial charge in [0.05, 0.1) is 11.9 Å². The third kappa shape index (κ3) is 3.78. The second kappa shape index (κ2) is 6.51. The average molecular weight is 304 g/mol. The van der Waals surface area contributed by atoms with Gasteiger partial charge in [-0.1, -0.05) is 23.1 Å². The number of anilines is 1. The number of nitrogen functional groups attached to an aromatic ring is 1. The number of aromatic nitrogens is 2. The third-order valence-electron chi connectivity index (χ3n) is 2.71. The van der Waals surface area contributed by atoms with Crippen LogP contribution in [0.5, 0.6) is 0 Å². The molecule has 1 saturated heterocycles. The van der Waals surface area contributed by atoms with Crippen LogP contribution in [0, 0.1) is 0 Å². The molecule has 0 radical (unpaired) electrons. The molecule has 1 fully saturated rings. The molecule has 0 aromatic carbocycles. The van der Waals surface area contributed by atoms with Gasteiger partial charge in [0, 0.05) is 19.7 Å². The molecule has 19 heavy (non-hydrogen) atoms. The summed E-state index contributed by atoms with van der Waals surface area (Å²) in [7, 11) is 0. The van der Waals surface area contributed by atoms with Crippen LogP contribution in [0.2, 0.25) is 0 Å². The second-order valence-corrected chi connectivity index (χ2v) is 6.29. The van der Waals surface area contributed by atoms with E-state index >= 15 is 0 Å². The number of rotatable bonds is 5. The number of aliphatic hydroxyl groups is 1. The Morgan fingerprint density at radius 1 is 1.63 bits per heavy atom. The largest absolute Gasteiger partial charge is 0.388 e. The summed E-state index contributed by atoms with van der Waals surface area (Å²) < 4.78 is 6.05. The molecule has 0 saturated carbocycles. The highest BCUT2D eigenvalue weighted by atomic mass is 32.2. The lowest BCUT2D eigenvalue weighted by Crippen LogP contribution is -2.31. The summed E-state index contributed by atoms with van der Waals surface area (Å²) >= 11 is 2.56. The first-order valence-electron chi connectivity index (χ1n) is 5.89. The van der Waals surface area contributed by atoms with E-state index in [9.17, 15) is 9.90 Å². The maximum Gasteiger partial charge on any atom is 0.233 e. The van der Waals surface area contributed by atoms with Gasteiger partial charge in [-0.05, 0) is 6.92 Å². The van der Waals surface area contributed by atoms with Gasteiger partial charge in [-0.15, -0.1) is 10.2 Å². The van der Waals surface area contributed by atoms with E-state index in [1.165, 1.54) is 23.1 Å². The minimum Gasteiger partial charge on any atom is -0.388 e. The molecule has 2 heterocycles. The second-order valence-electron chi connectivity index (χ2n) is 4.05. The number of nitrogens with two attached hydrogens (primary N) is 1. The molecule has 9 heteroatoms. The van der Waals surface area contributed by atoms with Crippen molar-refractivity contribution in [2.75, 3.05) is 31.2 Å². The summed E-state index contributed by atoms with van der Waals surface area (Å²) in [5.41, 5.74) is 5.46. The van der Waals surface area contributed by atoms with Crippen molar-refractivity contribution in [1.82, 2.24) is 15.1 Å². The molecule has 0 unspecified atom stereocenters. The highest BCUT2D eigenvalue weighted by molar-refractivity contribution is 8.01. The van der Waals surface area contributed by atoms with Crippen molar-refractivity contribution in [2.45, 2.75) is 23.5 Å². The van der Waals surface area contributed by atoms with Gasteiger partial charge in [0.1, 0.15) is 6.10 Å². The molecule has 2 rings (SSSR count). The van der Waals surface area contributed by atoms with Gasteiger partial charge in [-0.25, -0.2) is 0 Å². The van der Waals surface area contributed by atoms with Gasteiger partial charge in [-0.3, -0.25) is 4.79 Å². The normalized spacial score (nSPS) is 22.9. The molecule has 1 aromatic heterocycles. The van der Waals surface area contributed by atoms with E-state index in [1.807, 2.05) is 6.92 Å². The highest BCUT2D eigenvalue weighted by Gasteiger charge is 2.34. The van der Waals surface area contributed by atoms with Crippen molar-refractivity contribution in [3.05, 3.63) is 0 Å². The van der Waals surface area contributed by atoms with Crippen LogP contribution >= 0.6 is 23.1 Å². The fraction of sp³-hybridized carbons (Fsp3) is 0.700. The number of hydrogen-bond donors (Lipinski definition) is 2. The first-order valence-corrected chi connectivity index (χ1v) is 7.69. The van der Waals surface area contributed by atoms with Crippen LogP contribution in [-0.2, 0) is 9.53 Å². The number of carbonyl (C=O) groups is 1. The molecule has 0 aliphatic carbocycles. The smallest absolute Gasteiger partial charge is 0.233 e. The summed E-state index contributed by atoms with van der Waals surface area (Å²) in [5.74, 6) is 0.222. The predicted octanol–water partition coefficient (Wildman–Crippen LogP) is -0.179. The van der Waals surface area contributed by atoms with E-state index in [-0.39, 0.29) is 17.8 Å². The molecule has 1 aromatic rings. The maximum atomic E-state index is 12.0. The summed E-state index contributed by atoms with van der Waals surface area (Å²) in [6, 6.07) is 0. The SMILES string of the molecule is CCO[C@H]1CN(C(=O)CSc2nnc(N)s2)C[C@@H]1O. The Morgan fingerprint density at radius 3 is 3.05 bits per heavy atom. The molecule has 0 bridgehead atoms. The Labute approximate surface area is 119 Å². The summed E-state index contributed by atoms with van der Waals surface area (Å²) in [5, 5.41) is 17.7. The predicted molar refractivity (Wildman–Crippen MR) is 73.0 cm³/mol. The maximum absolute atomic E-state index is 12.0. The van der Waals surface area contributed by atoms with Crippen molar-refractivity contribution in [3.63, 3.8) is 0 Å². The monoisotopic (exact) mass is 304 g/mol. The van der Waals surface area contributed by atoms with E-state index in [0.29, 0.717) is 29.2 Å². The molecule has 7 nitrogen and oxygen atoms in total. The number of amides is 1. The van der Waals surface area contributed by atoms with Crippen LogP contribution in [0.25, 0.3) is 0 Å². The molecular weight excluding hydrogens is 288 g/mol. The summed E-state index contributed by atoms with van der Waals surface area (Å²) in [6.07, 6.45) is -0.887. The Kier molecular flexibility index (Phi) is 4.97. The molecule has 2 atom stereocenters. The van der Waals surface area contributed by atoms with Crippen molar-refractivity contribution in [3.8, 4) is 0 Å². The van der Waals surface area contributed by atoms with Gasteiger partial charge in [0.25, 0.3) is 0 Å². The van der Waals surface area contributed by atoms with Gasteiger partial charge in [-0.2, -0.15) is 0 Å². The van der Waals surface area contributed by atoms with Crippen LogP contribution in [0.15, 0.2) is 4.34 Å². The van der Waals surface area contributed by atoms with Crippen LogP contribution in [0.3, 0.4) is 0 Å². The molecule has 3 N–H and O–H groups in total. The molecule has 1 aliphatic heterocycles. The quantitative estimate of drug-likeness (QED) is 0.728. The lowest BCUT2D eigenvalue weighted by Gasteiger charge is -2.15. The number of carbonyl (C=O) groups excluding carboxylic acids is 1. The van der Waals surface area contributed by atoms with E-state index in [4.69, 9.17) is 10.5 Å². The van der Waals surface area contributed by atoms with E-state index in [1.54, 1.807) is 4.90 Å². The minimum atomic E-state index is -0.605. The number of thioether (sulfide) groups is 1. The Hall–Kier alpha value is -0.900. The zero-order chi connectivity index (χ0) is 13.8. The van der Waals surface area contributed by atoms with Crippen molar-refractivity contribution >= 4 is 34.1 Å². The van der Waals surface area contributed by atoms with E-state index < -0.39 is 6.10 Å². The molecular formula is C10H16N4O3S2. The fourth-order valence-corrected chi connectivity index (χ4v) is 3.37. The van der Waals surface area contributed by atoms with Crippen molar-refractivity contribution < 1.29 is 14.6 Å². The van der Waals surface area contributed by atoms with E-state index in [0.717, 1.165) is 0 Å². The summed E-state index contributed by atoms with van der Waals surface area (Å²) in [6.45, 7) is 3.16. The van der Waals surface area contributed by atoms with Crippen LogP contribution in [-0.4, -0.2) is 63.8 Å². The number of hydrogen-bond acceptors (Lipinski definition) is 8. The third-order valence-corrected chi connectivity index (χ3v) is 4.58. The van der Waals surface area contributed by atoms with Gasteiger partial charge >= 0.3 is 0 Å². The molecule has 1 amide bonds. The Morgan fingerprint density at radius 2 is 2.42 bits per heavy atom. The van der Waals surface area contributed by atoms with E-state index in [2.05, 4.69) is 10.2 Å². The lowest BCUT2D eigenvalue weighted by molar-refractivity contribution is -0.127. The zero-order valence-corrected chi connectivity index (χ0v) is 12.1. The number of ether oxygens (including phenoxy) is 1. The van der Waals surface area contributed by atoms with Crippen LogP contribution in [0.1, 0.15) is 6.92 Å². The Bertz CT molecular complexity index is 442. The fourth-order valence-electron chi connectivity index (χ4n) is 1.83. The number of likely N-dealkylation sites (tertiary alicyclic amines) is 1. The molecule has 106 valence electrons. The van der Waals surface area contributed by atoms with Crippen molar-refractivity contribution in [1.29, 1.82) is 0 Å². The zero-order valence-electron chi connectivity index (χ0n) is 10.5. The first-order chi connectivity index (χ1) is 9.10. The number of β-amino-alcohol motifs (C(OH)–C–C–N with tert-alkyl or cyclic N) is 1. The van der Waals surface area contributed by atoms with Crippen molar-refractivity contribution in [2.24, 2.45) is 0 Å². The van der Waals surface area contributed by atoms with Gasteiger partial charge < -0.3 is 20.5 Å². The van der Waals surface area contributed by atoms with Crippen LogP contribution in [0.4, 0.5) is 5.13 Å². The first kappa shape index (κ1) is 14.5. The van der Waals surface area contributed by atoms with Gasteiger partial charge in [0.15, 0.2) is 4.34 Å². The summed E-state index contributed by atoms with van der Waals surface area (Å²) in [4.78, 5) is 13.6.